The molecule has 2 aliphatic carbocycles. The van der Waals surface area contributed by atoms with E-state index < -0.39 is 18.0 Å². The van der Waals surface area contributed by atoms with Crippen LogP contribution in [0.25, 0.3) is 0 Å². The number of carbonyl (C=O) groups excluding carboxylic acids is 2. The Hall–Kier alpha value is -2.32. The summed E-state index contributed by atoms with van der Waals surface area (Å²) in [6, 6.07) is 3.30. The SMILES string of the molecule is NC(=O)c1ncccc1OCC12CC1CN(C(=O)C1CCC(C(F)(F)F)CC1)C2. The van der Waals surface area contributed by atoms with Gasteiger partial charge in [0, 0.05) is 30.6 Å². The number of hydrogen-bond acceptors (Lipinski definition) is 4. The Bertz CT molecular complexity index is 808. The third-order valence-electron chi connectivity index (χ3n) is 6.68. The zero-order valence-corrected chi connectivity index (χ0v) is 16.0. The van der Waals surface area contributed by atoms with Crippen molar-refractivity contribution in [1.82, 2.24) is 9.88 Å². The van der Waals surface area contributed by atoms with Gasteiger partial charge in [-0.1, -0.05) is 0 Å². The fourth-order valence-corrected chi connectivity index (χ4v) is 4.82. The van der Waals surface area contributed by atoms with Crippen molar-refractivity contribution in [2.75, 3.05) is 19.7 Å². The molecule has 29 heavy (non-hydrogen) atoms. The number of fused-ring (bicyclic) bond motifs is 1. The number of nitrogens with two attached hydrogens (primary N) is 1. The van der Waals surface area contributed by atoms with Gasteiger partial charge < -0.3 is 15.4 Å². The van der Waals surface area contributed by atoms with E-state index in [9.17, 15) is 22.8 Å². The third kappa shape index (κ3) is 3.91. The molecule has 3 aliphatic rings. The number of aromatic nitrogens is 1. The van der Waals surface area contributed by atoms with E-state index in [4.69, 9.17) is 10.5 Å². The smallest absolute Gasteiger partial charge is 0.391 e. The van der Waals surface area contributed by atoms with Crippen LogP contribution in [0.4, 0.5) is 13.2 Å². The first-order chi connectivity index (χ1) is 13.7. The lowest BCUT2D eigenvalue weighted by Gasteiger charge is -2.32. The van der Waals surface area contributed by atoms with Gasteiger partial charge in [0.15, 0.2) is 11.4 Å². The number of amides is 2. The summed E-state index contributed by atoms with van der Waals surface area (Å²) in [5, 5.41) is 0. The number of pyridine rings is 1. The number of rotatable bonds is 5. The monoisotopic (exact) mass is 411 g/mol. The van der Waals surface area contributed by atoms with E-state index in [1.807, 2.05) is 0 Å². The molecule has 4 rings (SSSR count). The van der Waals surface area contributed by atoms with E-state index in [1.54, 1.807) is 17.0 Å². The number of alkyl halides is 3. The fraction of sp³-hybridized carbons (Fsp3) is 0.650. The number of primary amides is 1. The molecule has 158 valence electrons. The molecule has 1 aromatic heterocycles. The van der Waals surface area contributed by atoms with Gasteiger partial charge in [-0.2, -0.15) is 13.2 Å². The van der Waals surface area contributed by atoms with Crippen molar-refractivity contribution in [3.05, 3.63) is 24.0 Å². The van der Waals surface area contributed by atoms with Crippen LogP contribution in [0.2, 0.25) is 0 Å². The maximum Gasteiger partial charge on any atom is 0.391 e. The summed E-state index contributed by atoms with van der Waals surface area (Å²) in [4.78, 5) is 30.0. The predicted molar refractivity (Wildman–Crippen MR) is 96.9 cm³/mol. The van der Waals surface area contributed by atoms with E-state index in [-0.39, 0.29) is 35.8 Å². The molecular weight excluding hydrogens is 387 g/mol. The van der Waals surface area contributed by atoms with E-state index in [1.165, 1.54) is 6.20 Å². The summed E-state index contributed by atoms with van der Waals surface area (Å²) < 4.78 is 44.3. The van der Waals surface area contributed by atoms with Crippen LogP contribution in [0.5, 0.6) is 5.75 Å². The maximum absolute atomic E-state index is 12.8. The van der Waals surface area contributed by atoms with Gasteiger partial charge in [-0.05, 0) is 50.2 Å². The molecule has 2 atom stereocenters. The minimum absolute atomic E-state index is 0.0301. The van der Waals surface area contributed by atoms with Crippen LogP contribution >= 0.6 is 0 Å². The molecule has 2 unspecified atom stereocenters. The molecule has 0 spiro atoms. The Labute approximate surface area is 166 Å². The van der Waals surface area contributed by atoms with E-state index >= 15 is 0 Å². The fourth-order valence-electron chi connectivity index (χ4n) is 4.82. The summed E-state index contributed by atoms with van der Waals surface area (Å²) in [5.41, 5.74) is 5.25. The number of ether oxygens (including phenoxy) is 1. The van der Waals surface area contributed by atoms with E-state index in [2.05, 4.69) is 4.98 Å². The summed E-state index contributed by atoms with van der Waals surface area (Å²) in [5.74, 6) is -1.64. The first kappa shape index (κ1) is 20.0. The molecule has 0 radical (unpaired) electrons. The lowest BCUT2D eigenvalue weighted by Crippen LogP contribution is -2.40. The highest BCUT2D eigenvalue weighted by molar-refractivity contribution is 5.93. The average molecular weight is 411 g/mol. The van der Waals surface area contributed by atoms with Crippen LogP contribution in [0.3, 0.4) is 0 Å². The van der Waals surface area contributed by atoms with Gasteiger partial charge >= 0.3 is 6.18 Å². The van der Waals surface area contributed by atoms with Gasteiger partial charge in [0.25, 0.3) is 5.91 Å². The molecule has 0 aromatic carbocycles. The number of nitrogens with zero attached hydrogens (tertiary/aromatic N) is 2. The highest BCUT2D eigenvalue weighted by atomic mass is 19.4. The molecule has 6 nitrogen and oxygen atoms in total. The lowest BCUT2D eigenvalue weighted by atomic mass is 9.81. The average Bonchev–Trinajstić information content (AvgIpc) is 3.25. The zero-order chi connectivity index (χ0) is 20.8. The number of carbonyl (C=O) groups is 2. The highest BCUT2D eigenvalue weighted by Crippen LogP contribution is 2.58. The Balaban J connectivity index is 1.32. The second-order valence-electron chi connectivity index (χ2n) is 8.58. The molecule has 0 bridgehead atoms. The highest BCUT2D eigenvalue weighted by Gasteiger charge is 2.61. The number of hydrogen-bond donors (Lipinski definition) is 1. The molecule has 2 N–H and O–H groups in total. The van der Waals surface area contributed by atoms with Crippen LogP contribution in [0.1, 0.15) is 42.6 Å². The molecule has 3 fully saturated rings. The predicted octanol–water partition coefficient (Wildman–Crippen LogP) is 2.78. The largest absolute Gasteiger partial charge is 0.490 e. The molecule has 1 saturated heterocycles. The number of piperidine rings is 1. The summed E-state index contributed by atoms with van der Waals surface area (Å²) in [6.45, 7) is 1.52. The van der Waals surface area contributed by atoms with E-state index in [0.29, 0.717) is 44.2 Å². The lowest BCUT2D eigenvalue weighted by molar-refractivity contribution is -0.185. The summed E-state index contributed by atoms with van der Waals surface area (Å²) in [6.07, 6.45) is -1.11. The summed E-state index contributed by atoms with van der Waals surface area (Å²) in [7, 11) is 0. The Morgan fingerprint density at radius 2 is 2.00 bits per heavy atom. The van der Waals surface area contributed by atoms with Crippen molar-refractivity contribution in [2.45, 2.75) is 38.3 Å². The summed E-state index contributed by atoms with van der Waals surface area (Å²) >= 11 is 0. The standard InChI is InChI=1S/C20H24F3N3O3/c21-20(22,23)13-5-3-12(4-6-13)18(28)26-9-14-8-19(14,10-26)11-29-15-2-1-7-25-16(15)17(24)27/h1-2,7,12-14H,3-6,8-11H2,(H2,24,27). The molecule has 1 aliphatic heterocycles. The van der Waals surface area contributed by atoms with Crippen LogP contribution in [0.15, 0.2) is 18.3 Å². The van der Waals surface area contributed by atoms with Gasteiger partial charge in [0.1, 0.15) is 0 Å². The van der Waals surface area contributed by atoms with Crippen molar-refractivity contribution in [2.24, 2.45) is 28.9 Å². The molecular formula is C20H24F3N3O3. The molecule has 1 aromatic rings. The topological polar surface area (TPSA) is 85.5 Å². The van der Waals surface area contributed by atoms with E-state index in [0.717, 1.165) is 6.42 Å². The minimum Gasteiger partial charge on any atom is -0.490 e. The Kier molecular flexibility index (Phi) is 4.94. The van der Waals surface area contributed by atoms with Crippen molar-refractivity contribution in [3.63, 3.8) is 0 Å². The van der Waals surface area contributed by atoms with Gasteiger partial charge in [-0.15, -0.1) is 0 Å². The quantitative estimate of drug-likeness (QED) is 0.807. The number of likely N-dealkylation sites (tertiary alicyclic amines) is 1. The third-order valence-corrected chi connectivity index (χ3v) is 6.68. The van der Waals surface area contributed by atoms with Gasteiger partial charge in [0.2, 0.25) is 5.91 Å². The Morgan fingerprint density at radius 3 is 2.66 bits per heavy atom. The second kappa shape index (κ2) is 7.18. The van der Waals surface area contributed by atoms with Gasteiger partial charge in [-0.3, -0.25) is 9.59 Å². The maximum atomic E-state index is 12.8. The van der Waals surface area contributed by atoms with Gasteiger partial charge in [0.05, 0.1) is 12.5 Å². The van der Waals surface area contributed by atoms with Crippen LogP contribution in [-0.2, 0) is 4.79 Å². The zero-order valence-electron chi connectivity index (χ0n) is 16.0. The molecule has 9 heteroatoms. The van der Waals surface area contributed by atoms with Crippen molar-refractivity contribution in [1.29, 1.82) is 0 Å². The minimum atomic E-state index is -4.17. The first-order valence-corrected chi connectivity index (χ1v) is 9.93. The molecule has 2 saturated carbocycles. The molecule has 2 heterocycles. The van der Waals surface area contributed by atoms with Crippen LogP contribution < -0.4 is 10.5 Å². The van der Waals surface area contributed by atoms with Crippen molar-refractivity contribution >= 4 is 11.8 Å². The second-order valence-corrected chi connectivity index (χ2v) is 8.58. The first-order valence-electron chi connectivity index (χ1n) is 9.93. The van der Waals surface area contributed by atoms with Crippen LogP contribution in [-0.4, -0.2) is 47.6 Å². The van der Waals surface area contributed by atoms with Crippen molar-refractivity contribution in [3.8, 4) is 5.75 Å². The normalized spacial score (nSPS) is 31.3. The van der Waals surface area contributed by atoms with Crippen molar-refractivity contribution < 1.29 is 27.5 Å². The Morgan fingerprint density at radius 1 is 1.28 bits per heavy atom. The molecule has 2 amide bonds. The van der Waals surface area contributed by atoms with Gasteiger partial charge in [-0.25, -0.2) is 4.98 Å². The number of halogens is 3. The van der Waals surface area contributed by atoms with Crippen LogP contribution in [0, 0.1) is 23.2 Å².